The van der Waals surface area contributed by atoms with Crippen molar-refractivity contribution >= 4 is 6.03 Å². The number of rotatable bonds is 6. The van der Waals surface area contributed by atoms with E-state index in [2.05, 4.69) is 21.5 Å². The summed E-state index contributed by atoms with van der Waals surface area (Å²) in [6.07, 6.45) is 3.16. The minimum Gasteiger partial charge on any atom is -0.493 e. The Labute approximate surface area is 146 Å². The van der Waals surface area contributed by atoms with Crippen LogP contribution < -0.4 is 10.1 Å². The van der Waals surface area contributed by atoms with Gasteiger partial charge < -0.3 is 19.5 Å². The molecule has 1 aromatic carbocycles. The molecule has 7 nitrogen and oxygen atoms in total. The summed E-state index contributed by atoms with van der Waals surface area (Å²) in [5, 5.41) is 6.95. The number of fused-ring (bicyclic) bond motifs is 1. The van der Waals surface area contributed by atoms with Crippen LogP contribution in [0, 0.1) is 0 Å². The normalized spacial score (nSPS) is 15.6. The van der Waals surface area contributed by atoms with Gasteiger partial charge in [0.15, 0.2) is 5.82 Å². The first-order chi connectivity index (χ1) is 12.2. The van der Waals surface area contributed by atoms with Crippen molar-refractivity contribution in [3.05, 3.63) is 41.0 Å². The van der Waals surface area contributed by atoms with E-state index < -0.39 is 0 Å². The Bertz CT molecular complexity index is 769. The molecule has 1 aromatic heterocycles. The van der Waals surface area contributed by atoms with E-state index in [9.17, 15) is 4.79 Å². The van der Waals surface area contributed by atoms with Gasteiger partial charge in [0.2, 0.25) is 5.89 Å². The van der Waals surface area contributed by atoms with Gasteiger partial charge in [-0.1, -0.05) is 17.3 Å². The summed E-state index contributed by atoms with van der Waals surface area (Å²) < 4.78 is 10.8. The Morgan fingerprint density at radius 3 is 3.08 bits per heavy atom. The summed E-state index contributed by atoms with van der Waals surface area (Å²) in [6, 6.07) is 5.93. The molecular formula is C18H22N4O3. The number of benzene rings is 1. The van der Waals surface area contributed by atoms with E-state index in [0.717, 1.165) is 37.2 Å². The second kappa shape index (κ2) is 6.74. The number of urea groups is 1. The monoisotopic (exact) mass is 342 g/mol. The minimum atomic E-state index is -0.128. The van der Waals surface area contributed by atoms with Gasteiger partial charge in [0, 0.05) is 25.4 Å². The second-order valence-corrected chi connectivity index (χ2v) is 6.54. The van der Waals surface area contributed by atoms with E-state index in [1.54, 1.807) is 4.90 Å². The molecule has 4 rings (SSSR count). The smallest absolute Gasteiger partial charge is 0.318 e. The maximum absolute atomic E-state index is 12.4. The molecule has 2 amide bonds. The van der Waals surface area contributed by atoms with E-state index >= 15 is 0 Å². The Kier molecular flexibility index (Phi) is 4.29. The summed E-state index contributed by atoms with van der Waals surface area (Å²) >= 11 is 0. The average Bonchev–Trinajstić information content (AvgIpc) is 3.19. The van der Waals surface area contributed by atoms with Crippen molar-refractivity contribution in [3.63, 3.8) is 0 Å². The van der Waals surface area contributed by atoms with Crippen LogP contribution in [0.4, 0.5) is 4.79 Å². The molecule has 0 atom stereocenters. The highest BCUT2D eigenvalue weighted by Gasteiger charge is 2.30. The highest BCUT2D eigenvalue weighted by Crippen LogP contribution is 2.38. The molecule has 0 spiro atoms. The molecule has 0 saturated heterocycles. The fourth-order valence-electron chi connectivity index (χ4n) is 2.97. The Morgan fingerprint density at radius 2 is 2.28 bits per heavy atom. The van der Waals surface area contributed by atoms with Crippen LogP contribution in [0.15, 0.2) is 22.7 Å². The van der Waals surface area contributed by atoms with E-state index in [1.165, 1.54) is 5.56 Å². The van der Waals surface area contributed by atoms with Gasteiger partial charge in [0.05, 0.1) is 13.2 Å². The van der Waals surface area contributed by atoms with Crippen LogP contribution in [0.1, 0.15) is 48.5 Å². The summed E-state index contributed by atoms with van der Waals surface area (Å²) in [7, 11) is 0. The summed E-state index contributed by atoms with van der Waals surface area (Å²) in [4.78, 5) is 18.5. The van der Waals surface area contributed by atoms with Gasteiger partial charge in [-0.3, -0.25) is 0 Å². The van der Waals surface area contributed by atoms with Crippen LogP contribution in [-0.2, 0) is 19.5 Å². The third-order valence-corrected chi connectivity index (χ3v) is 4.61. The summed E-state index contributed by atoms with van der Waals surface area (Å²) in [5.41, 5.74) is 2.28. The number of ether oxygens (including phenoxy) is 1. The van der Waals surface area contributed by atoms with Crippen LogP contribution in [-0.4, -0.2) is 34.2 Å². The van der Waals surface area contributed by atoms with Crippen LogP contribution in [0.2, 0.25) is 0 Å². The Morgan fingerprint density at radius 1 is 1.40 bits per heavy atom. The van der Waals surface area contributed by atoms with Crippen molar-refractivity contribution in [2.24, 2.45) is 0 Å². The quantitative estimate of drug-likeness (QED) is 0.873. The van der Waals surface area contributed by atoms with Crippen molar-refractivity contribution in [2.75, 3.05) is 13.2 Å². The molecule has 7 heteroatoms. The fraction of sp³-hybridized carbons (Fsp3) is 0.500. The first-order valence-electron chi connectivity index (χ1n) is 8.83. The van der Waals surface area contributed by atoms with Crippen molar-refractivity contribution in [1.82, 2.24) is 20.4 Å². The fourth-order valence-corrected chi connectivity index (χ4v) is 2.97. The molecule has 2 aliphatic rings. The average molecular weight is 342 g/mol. The van der Waals surface area contributed by atoms with E-state index in [4.69, 9.17) is 9.26 Å². The molecule has 0 bridgehead atoms. The maximum Gasteiger partial charge on any atom is 0.318 e. The van der Waals surface area contributed by atoms with Crippen LogP contribution >= 0.6 is 0 Å². The lowest BCUT2D eigenvalue weighted by Crippen LogP contribution is -2.39. The molecule has 1 fully saturated rings. The zero-order valence-electron chi connectivity index (χ0n) is 14.3. The number of aromatic nitrogens is 2. The minimum absolute atomic E-state index is 0.128. The van der Waals surface area contributed by atoms with Crippen molar-refractivity contribution in [1.29, 1.82) is 0 Å². The number of carbonyl (C=O) groups excluding carboxylic acids is 1. The molecule has 1 aliphatic carbocycles. The third kappa shape index (κ3) is 3.60. The number of carbonyl (C=O) groups is 1. The van der Waals surface area contributed by atoms with Crippen molar-refractivity contribution < 1.29 is 14.1 Å². The lowest BCUT2D eigenvalue weighted by molar-refractivity contribution is 0.195. The van der Waals surface area contributed by atoms with Crippen LogP contribution in [0.3, 0.4) is 0 Å². The lowest BCUT2D eigenvalue weighted by Gasteiger charge is -2.19. The third-order valence-electron chi connectivity index (χ3n) is 4.61. The predicted molar refractivity (Wildman–Crippen MR) is 90.2 cm³/mol. The predicted octanol–water partition coefficient (Wildman–Crippen LogP) is 2.61. The molecule has 0 radical (unpaired) electrons. The molecule has 1 N–H and O–H groups in total. The number of amides is 2. The topological polar surface area (TPSA) is 80.5 Å². The van der Waals surface area contributed by atoms with Gasteiger partial charge in [-0.2, -0.15) is 4.98 Å². The maximum atomic E-state index is 12.4. The SMILES string of the molecule is CCN(Cc1noc(C2CC2)n1)C(=O)NCc1ccc2c(c1)CCO2. The van der Waals surface area contributed by atoms with E-state index in [-0.39, 0.29) is 6.03 Å². The number of nitrogens with one attached hydrogen (secondary N) is 1. The van der Waals surface area contributed by atoms with E-state index in [1.807, 2.05) is 19.1 Å². The number of hydrogen-bond donors (Lipinski definition) is 1. The largest absolute Gasteiger partial charge is 0.493 e. The molecule has 132 valence electrons. The second-order valence-electron chi connectivity index (χ2n) is 6.54. The molecule has 2 heterocycles. The zero-order chi connectivity index (χ0) is 17.2. The highest BCUT2D eigenvalue weighted by molar-refractivity contribution is 5.74. The van der Waals surface area contributed by atoms with Gasteiger partial charge in [-0.05, 0) is 37.0 Å². The lowest BCUT2D eigenvalue weighted by atomic mass is 10.1. The zero-order valence-corrected chi connectivity index (χ0v) is 14.3. The molecule has 2 aromatic rings. The standard InChI is InChI=1S/C18H22N4O3/c1-2-22(11-16-20-17(25-21-16)13-4-5-13)18(23)19-10-12-3-6-15-14(9-12)7-8-24-15/h3,6,9,13H,2,4-5,7-8,10-11H2,1H3,(H,19,23). The molecule has 1 saturated carbocycles. The van der Waals surface area contributed by atoms with Gasteiger partial charge >= 0.3 is 6.03 Å². The van der Waals surface area contributed by atoms with Crippen LogP contribution in [0.5, 0.6) is 5.75 Å². The molecule has 0 unspecified atom stereocenters. The molecule has 1 aliphatic heterocycles. The van der Waals surface area contributed by atoms with Crippen LogP contribution in [0.25, 0.3) is 0 Å². The van der Waals surface area contributed by atoms with Crippen molar-refractivity contribution in [3.8, 4) is 5.75 Å². The summed E-state index contributed by atoms with van der Waals surface area (Å²) in [5.74, 6) is 2.64. The summed E-state index contributed by atoms with van der Waals surface area (Å²) in [6.45, 7) is 4.10. The molecule has 25 heavy (non-hydrogen) atoms. The number of nitrogens with zero attached hydrogens (tertiary/aromatic N) is 3. The molecular weight excluding hydrogens is 320 g/mol. The van der Waals surface area contributed by atoms with Crippen molar-refractivity contribution in [2.45, 2.75) is 45.2 Å². The first kappa shape index (κ1) is 15.9. The first-order valence-corrected chi connectivity index (χ1v) is 8.83. The highest BCUT2D eigenvalue weighted by atomic mass is 16.5. The Balaban J connectivity index is 1.33. The van der Waals surface area contributed by atoms with Gasteiger partial charge in [0.1, 0.15) is 5.75 Å². The van der Waals surface area contributed by atoms with Gasteiger partial charge in [-0.15, -0.1) is 0 Å². The van der Waals surface area contributed by atoms with E-state index in [0.29, 0.717) is 37.3 Å². The van der Waals surface area contributed by atoms with Gasteiger partial charge in [-0.25, -0.2) is 4.79 Å². The Hall–Kier alpha value is -2.57. The van der Waals surface area contributed by atoms with Gasteiger partial charge in [0.25, 0.3) is 0 Å². The number of hydrogen-bond acceptors (Lipinski definition) is 5.